The van der Waals surface area contributed by atoms with Gasteiger partial charge in [0, 0.05) is 6.42 Å². The smallest absolute Gasteiger partial charge is 0.426 e. The molecule has 0 aliphatic carbocycles. The molecule has 178 valence electrons. The SMILES string of the molecule is CCC(O)(CC)Cc1ccc2c(COCC(=O)OC(O)C(F)(F)S(=O)(=O)O)cccc2c1. The van der Waals surface area contributed by atoms with E-state index < -0.39 is 39.8 Å². The lowest BCUT2D eigenvalue weighted by molar-refractivity contribution is -0.208. The summed E-state index contributed by atoms with van der Waals surface area (Å²) in [6, 6.07) is 11.1. The largest absolute Gasteiger partial charge is 0.430 e. The van der Waals surface area contributed by atoms with E-state index in [1.807, 2.05) is 38.1 Å². The molecule has 2 aromatic carbocycles. The highest BCUT2D eigenvalue weighted by Gasteiger charge is 2.54. The van der Waals surface area contributed by atoms with Crippen molar-refractivity contribution in [2.45, 2.75) is 56.9 Å². The van der Waals surface area contributed by atoms with Crippen LogP contribution in [0, 0.1) is 0 Å². The summed E-state index contributed by atoms with van der Waals surface area (Å²) in [5, 5.41) is 16.3. The molecule has 0 aliphatic heterocycles. The molecule has 2 aromatic rings. The molecule has 0 bridgehead atoms. The first-order chi connectivity index (χ1) is 14.8. The minimum Gasteiger partial charge on any atom is -0.426 e. The predicted molar refractivity (Wildman–Crippen MR) is 111 cm³/mol. The highest BCUT2D eigenvalue weighted by atomic mass is 32.2. The Balaban J connectivity index is 2.02. The lowest BCUT2D eigenvalue weighted by Gasteiger charge is -2.25. The number of aliphatic hydroxyl groups is 2. The monoisotopic (exact) mass is 476 g/mol. The van der Waals surface area contributed by atoms with Gasteiger partial charge in [0.15, 0.2) is 0 Å². The second-order valence-corrected chi connectivity index (χ2v) is 8.95. The molecule has 0 heterocycles. The van der Waals surface area contributed by atoms with Gasteiger partial charge in [-0.2, -0.15) is 17.2 Å². The van der Waals surface area contributed by atoms with Crippen molar-refractivity contribution in [3.63, 3.8) is 0 Å². The molecule has 2 rings (SSSR count). The second-order valence-electron chi connectivity index (χ2n) is 7.45. The van der Waals surface area contributed by atoms with E-state index in [2.05, 4.69) is 4.74 Å². The Morgan fingerprint density at radius 2 is 1.81 bits per heavy atom. The highest BCUT2D eigenvalue weighted by Crippen LogP contribution is 2.27. The van der Waals surface area contributed by atoms with Crippen LogP contribution in [0.2, 0.25) is 0 Å². The Bertz CT molecular complexity index is 1050. The van der Waals surface area contributed by atoms with Gasteiger partial charge in [0.05, 0.1) is 12.2 Å². The number of benzene rings is 2. The fraction of sp³-hybridized carbons (Fsp3) is 0.476. The van der Waals surface area contributed by atoms with Crippen LogP contribution in [0.1, 0.15) is 37.8 Å². The maximum atomic E-state index is 13.2. The summed E-state index contributed by atoms with van der Waals surface area (Å²) in [6.45, 7) is 2.92. The zero-order chi connectivity index (χ0) is 24.2. The number of aliphatic hydroxyl groups excluding tert-OH is 1. The predicted octanol–water partition coefficient (Wildman–Crippen LogP) is 2.79. The van der Waals surface area contributed by atoms with Crippen LogP contribution in [-0.2, 0) is 37.4 Å². The fourth-order valence-electron chi connectivity index (χ4n) is 3.11. The molecular formula is C21H26F2O8S. The van der Waals surface area contributed by atoms with Gasteiger partial charge in [0.2, 0.25) is 0 Å². The third-order valence-electron chi connectivity index (χ3n) is 5.24. The van der Waals surface area contributed by atoms with Gasteiger partial charge in [-0.25, -0.2) is 4.79 Å². The van der Waals surface area contributed by atoms with Crippen LogP contribution >= 0.6 is 0 Å². The first kappa shape index (κ1) is 26.1. The van der Waals surface area contributed by atoms with Crippen molar-refractivity contribution in [1.82, 2.24) is 0 Å². The number of hydrogen-bond donors (Lipinski definition) is 3. The number of rotatable bonds is 11. The minimum absolute atomic E-state index is 0.0928. The third kappa shape index (κ3) is 6.20. The van der Waals surface area contributed by atoms with Gasteiger partial charge in [0.1, 0.15) is 6.61 Å². The number of alkyl halides is 2. The number of halogens is 2. The molecular weight excluding hydrogens is 450 g/mol. The summed E-state index contributed by atoms with van der Waals surface area (Å²) < 4.78 is 65.0. The molecule has 3 N–H and O–H groups in total. The molecule has 0 radical (unpaired) electrons. The Hall–Kier alpha value is -2.18. The average Bonchev–Trinajstić information content (AvgIpc) is 2.72. The standard InChI is InChI=1S/C21H26F2O8S/c1-3-20(26,4-2)11-14-8-9-17-15(10-14)6-5-7-16(17)12-30-13-18(24)31-19(25)21(22,23)32(27,28)29/h5-10,19,25-26H,3-4,11-13H2,1-2H3,(H,27,28,29). The Kier molecular flexibility index (Phi) is 8.29. The van der Waals surface area contributed by atoms with Crippen LogP contribution in [-0.4, -0.2) is 52.9 Å². The average molecular weight is 476 g/mol. The lowest BCUT2D eigenvalue weighted by Crippen LogP contribution is -2.44. The fourth-order valence-corrected chi connectivity index (χ4v) is 3.42. The van der Waals surface area contributed by atoms with Crippen molar-refractivity contribution in [2.75, 3.05) is 6.61 Å². The number of ether oxygens (including phenoxy) is 2. The van der Waals surface area contributed by atoms with Gasteiger partial charge >= 0.3 is 21.3 Å². The van der Waals surface area contributed by atoms with E-state index in [1.54, 1.807) is 12.1 Å². The Labute approximate surface area is 184 Å². The molecule has 8 nitrogen and oxygen atoms in total. The summed E-state index contributed by atoms with van der Waals surface area (Å²) >= 11 is 0. The van der Waals surface area contributed by atoms with E-state index in [9.17, 15) is 27.1 Å². The van der Waals surface area contributed by atoms with Crippen molar-refractivity contribution in [3.05, 3.63) is 47.5 Å². The molecule has 0 aliphatic rings. The summed E-state index contributed by atoms with van der Waals surface area (Å²) in [4.78, 5) is 11.6. The van der Waals surface area contributed by atoms with Crippen LogP contribution in [0.15, 0.2) is 36.4 Å². The molecule has 0 aromatic heterocycles. The van der Waals surface area contributed by atoms with Crippen molar-refractivity contribution < 1.29 is 46.2 Å². The van der Waals surface area contributed by atoms with Gasteiger partial charge in [-0.3, -0.25) is 4.55 Å². The normalized spacial score (nSPS) is 13.8. The van der Waals surface area contributed by atoms with E-state index in [0.29, 0.717) is 24.8 Å². The summed E-state index contributed by atoms with van der Waals surface area (Å²) in [5.74, 6) is -1.44. The molecule has 0 saturated carbocycles. The van der Waals surface area contributed by atoms with Crippen LogP contribution in [0.3, 0.4) is 0 Å². The van der Waals surface area contributed by atoms with Crippen LogP contribution in [0.5, 0.6) is 0 Å². The van der Waals surface area contributed by atoms with Crippen molar-refractivity contribution in [2.24, 2.45) is 0 Å². The maximum absolute atomic E-state index is 13.2. The van der Waals surface area contributed by atoms with Crippen LogP contribution < -0.4 is 0 Å². The van der Waals surface area contributed by atoms with E-state index in [1.165, 1.54) is 0 Å². The summed E-state index contributed by atoms with van der Waals surface area (Å²) in [6.07, 6.45) is -1.64. The Morgan fingerprint density at radius 3 is 2.41 bits per heavy atom. The zero-order valence-corrected chi connectivity index (χ0v) is 18.4. The number of fused-ring (bicyclic) bond motifs is 1. The van der Waals surface area contributed by atoms with Crippen LogP contribution in [0.25, 0.3) is 10.8 Å². The van der Waals surface area contributed by atoms with Crippen molar-refractivity contribution in [3.8, 4) is 0 Å². The summed E-state index contributed by atoms with van der Waals surface area (Å²) in [7, 11) is -5.97. The molecule has 0 saturated heterocycles. The second kappa shape index (κ2) is 10.2. The number of carbonyl (C=O) groups excluding carboxylic acids is 1. The number of carbonyl (C=O) groups is 1. The molecule has 0 amide bonds. The number of hydrogen-bond acceptors (Lipinski definition) is 7. The first-order valence-electron chi connectivity index (χ1n) is 9.86. The highest BCUT2D eigenvalue weighted by molar-refractivity contribution is 7.86. The van der Waals surface area contributed by atoms with Gasteiger partial charge in [0.25, 0.3) is 6.29 Å². The van der Waals surface area contributed by atoms with Crippen molar-refractivity contribution >= 4 is 26.9 Å². The topological polar surface area (TPSA) is 130 Å². The van der Waals surface area contributed by atoms with Gasteiger partial charge < -0.3 is 19.7 Å². The molecule has 1 unspecified atom stereocenters. The zero-order valence-electron chi connectivity index (χ0n) is 17.6. The van der Waals surface area contributed by atoms with E-state index in [-0.39, 0.29) is 6.61 Å². The van der Waals surface area contributed by atoms with Gasteiger partial charge in [-0.05, 0) is 34.7 Å². The molecule has 1 atom stereocenters. The molecule has 0 spiro atoms. The quantitative estimate of drug-likeness (QED) is 0.256. The minimum atomic E-state index is -5.97. The molecule has 0 fully saturated rings. The third-order valence-corrected chi connectivity index (χ3v) is 6.13. The Morgan fingerprint density at radius 1 is 1.16 bits per heavy atom. The van der Waals surface area contributed by atoms with Gasteiger partial charge in [-0.15, -0.1) is 0 Å². The van der Waals surface area contributed by atoms with Crippen LogP contribution in [0.4, 0.5) is 8.78 Å². The van der Waals surface area contributed by atoms with Gasteiger partial charge in [-0.1, -0.05) is 50.2 Å². The van der Waals surface area contributed by atoms with E-state index >= 15 is 0 Å². The van der Waals surface area contributed by atoms with Crippen molar-refractivity contribution in [1.29, 1.82) is 0 Å². The maximum Gasteiger partial charge on any atom is 0.430 e. The van der Waals surface area contributed by atoms with E-state index in [4.69, 9.17) is 14.4 Å². The first-order valence-corrected chi connectivity index (χ1v) is 11.3. The number of esters is 1. The molecule has 11 heteroatoms. The summed E-state index contributed by atoms with van der Waals surface area (Å²) in [5.41, 5.74) is 0.858. The van der Waals surface area contributed by atoms with E-state index in [0.717, 1.165) is 16.3 Å². The lowest BCUT2D eigenvalue weighted by atomic mass is 9.88. The molecule has 32 heavy (non-hydrogen) atoms.